The molecule has 2 rings (SSSR count). The van der Waals surface area contributed by atoms with Gasteiger partial charge in [-0.2, -0.15) is 4.68 Å². The summed E-state index contributed by atoms with van der Waals surface area (Å²) in [4.78, 5) is 23.3. The summed E-state index contributed by atoms with van der Waals surface area (Å²) < 4.78 is 1.59. The third kappa shape index (κ3) is 5.04. The topological polar surface area (TPSA) is 114 Å². The molecule has 1 aromatic carbocycles. The van der Waals surface area contributed by atoms with Gasteiger partial charge in [-0.3, -0.25) is 10.1 Å². The molecule has 0 bridgehead atoms. The Hall–Kier alpha value is -2.97. The van der Waals surface area contributed by atoms with Gasteiger partial charge in [-0.15, -0.1) is 5.10 Å². The molecule has 9 nitrogen and oxygen atoms in total. The minimum Gasteiger partial charge on any atom is -0.376 e. The molecule has 2 aromatic rings. The standard InChI is InChI=1S/C15H21N7O2/c1-10(2)8-17-15(24)18-14(23)9-16-12-5-4-6-13(7-12)22-11(3)19-20-21-22/h4-7,10,16H,8-9H2,1-3H3,(H2,17,18,23,24). The number of amides is 3. The molecule has 0 saturated carbocycles. The van der Waals surface area contributed by atoms with Crippen LogP contribution in [0.3, 0.4) is 0 Å². The number of hydrogen-bond donors (Lipinski definition) is 3. The zero-order chi connectivity index (χ0) is 17.5. The van der Waals surface area contributed by atoms with Crippen LogP contribution < -0.4 is 16.0 Å². The average molecular weight is 331 g/mol. The van der Waals surface area contributed by atoms with Crippen LogP contribution >= 0.6 is 0 Å². The van der Waals surface area contributed by atoms with E-state index in [4.69, 9.17) is 0 Å². The lowest BCUT2D eigenvalue weighted by molar-refractivity contribution is -0.118. The summed E-state index contributed by atoms with van der Waals surface area (Å²) in [5.74, 6) is 0.563. The highest BCUT2D eigenvalue weighted by Gasteiger charge is 2.08. The van der Waals surface area contributed by atoms with Crippen molar-refractivity contribution in [3.63, 3.8) is 0 Å². The molecule has 0 atom stereocenters. The van der Waals surface area contributed by atoms with E-state index in [1.165, 1.54) is 0 Å². The molecule has 0 spiro atoms. The minimum absolute atomic E-state index is 0.0207. The summed E-state index contributed by atoms with van der Waals surface area (Å²) in [6.07, 6.45) is 0. The summed E-state index contributed by atoms with van der Waals surface area (Å²) >= 11 is 0. The van der Waals surface area contributed by atoms with Gasteiger partial charge in [0.25, 0.3) is 0 Å². The van der Waals surface area contributed by atoms with E-state index in [1.807, 2.05) is 38.1 Å². The maximum atomic E-state index is 11.8. The third-order valence-corrected chi connectivity index (χ3v) is 3.09. The van der Waals surface area contributed by atoms with Crippen molar-refractivity contribution in [2.75, 3.05) is 18.4 Å². The van der Waals surface area contributed by atoms with E-state index in [2.05, 4.69) is 31.5 Å². The number of nitrogens with zero attached hydrogens (tertiary/aromatic N) is 4. The fourth-order valence-electron chi connectivity index (χ4n) is 1.91. The smallest absolute Gasteiger partial charge is 0.321 e. The number of rotatable bonds is 6. The van der Waals surface area contributed by atoms with Crippen LogP contribution in [0.5, 0.6) is 0 Å². The van der Waals surface area contributed by atoms with Crippen LogP contribution in [0.4, 0.5) is 10.5 Å². The lowest BCUT2D eigenvalue weighted by Crippen LogP contribution is -2.43. The first-order valence-corrected chi connectivity index (χ1v) is 7.62. The second kappa shape index (κ2) is 8.04. The average Bonchev–Trinajstić information content (AvgIpc) is 2.97. The first-order valence-electron chi connectivity index (χ1n) is 7.62. The van der Waals surface area contributed by atoms with Gasteiger partial charge in [-0.25, -0.2) is 4.79 Å². The molecule has 0 aliphatic rings. The maximum absolute atomic E-state index is 11.8. The molecule has 1 heterocycles. The van der Waals surface area contributed by atoms with Gasteiger partial charge < -0.3 is 10.6 Å². The van der Waals surface area contributed by atoms with Crippen LogP contribution in [0.15, 0.2) is 24.3 Å². The summed E-state index contributed by atoms with van der Waals surface area (Å²) in [6.45, 7) is 6.24. The van der Waals surface area contributed by atoms with Crippen molar-refractivity contribution >= 4 is 17.6 Å². The lowest BCUT2D eigenvalue weighted by atomic mass is 10.2. The fraction of sp³-hybridized carbons (Fsp3) is 0.400. The minimum atomic E-state index is -0.492. The molecule has 128 valence electrons. The summed E-state index contributed by atoms with van der Waals surface area (Å²) in [7, 11) is 0. The van der Waals surface area contributed by atoms with E-state index in [9.17, 15) is 9.59 Å². The monoisotopic (exact) mass is 331 g/mol. The molecule has 24 heavy (non-hydrogen) atoms. The van der Waals surface area contributed by atoms with Crippen LogP contribution in [-0.4, -0.2) is 45.2 Å². The van der Waals surface area contributed by atoms with E-state index < -0.39 is 11.9 Å². The lowest BCUT2D eigenvalue weighted by Gasteiger charge is -2.10. The Labute approximate surface area is 139 Å². The second-order valence-corrected chi connectivity index (χ2v) is 5.69. The fourth-order valence-corrected chi connectivity index (χ4v) is 1.91. The van der Waals surface area contributed by atoms with Gasteiger partial charge in [0.15, 0.2) is 5.82 Å². The number of aromatic nitrogens is 4. The Morgan fingerprint density at radius 1 is 1.29 bits per heavy atom. The van der Waals surface area contributed by atoms with Gasteiger partial charge in [0.05, 0.1) is 12.2 Å². The van der Waals surface area contributed by atoms with Gasteiger partial charge in [-0.05, 0) is 41.5 Å². The van der Waals surface area contributed by atoms with Crippen molar-refractivity contribution < 1.29 is 9.59 Å². The number of carbonyl (C=O) groups excluding carboxylic acids is 2. The van der Waals surface area contributed by atoms with Crippen LogP contribution in [-0.2, 0) is 4.79 Å². The van der Waals surface area contributed by atoms with E-state index in [0.29, 0.717) is 18.3 Å². The SMILES string of the molecule is Cc1nnnn1-c1cccc(NCC(=O)NC(=O)NCC(C)C)c1. The molecule has 3 N–H and O–H groups in total. The van der Waals surface area contributed by atoms with Gasteiger partial charge in [0.1, 0.15) is 0 Å². The highest BCUT2D eigenvalue weighted by Crippen LogP contribution is 2.14. The van der Waals surface area contributed by atoms with Crippen molar-refractivity contribution in [1.82, 2.24) is 30.8 Å². The highest BCUT2D eigenvalue weighted by atomic mass is 16.2. The molecular formula is C15H21N7O2. The number of imide groups is 1. The number of urea groups is 1. The molecule has 0 aliphatic heterocycles. The van der Waals surface area contributed by atoms with Crippen molar-refractivity contribution in [3.05, 3.63) is 30.1 Å². The van der Waals surface area contributed by atoms with Crippen LogP contribution in [0.25, 0.3) is 5.69 Å². The number of tetrazole rings is 1. The first kappa shape index (κ1) is 17.4. The van der Waals surface area contributed by atoms with Crippen molar-refractivity contribution in [2.24, 2.45) is 5.92 Å². The summed E-state index contributed by atoms with van der Waals surface area (Å²) in [5.41, 5.74) is 1.50. The Kier molecular flexibility index (Phi) is 5.83. The van der Waals surface area contributed by atoms with Crippen LogP contribution in [0.2, 0.25) is 0 Å². The number of aryl methyl sites for hydroxylation is 1. The van der Waals surface area contributed by atoms with Gasteiger partial charge in [0, 0.05) is 12.2 Å². The Bertz CT molecular complexity index is 711. The van der Waals surface area contributed by atoms with Gasteiger partial charge >= 0.3 is 6.03 Å². The predicted molar refractivity (Wildman–Crippen MR) is 88.8 cm³/mol. The quantitative estimate of drug-likeness (QED) is 0.723. The van der Waals surface area contributed by atoms with E-state index in [1.54, 1.807) is 11.6 Å². The molecular weight excluding hydrogens is 310 g/mol. The Balaban J connectivity index is 1.87. The predicted octanol–water partition coefficient (Wildman–Crippen LogP) is 0.864. The number of anilines is 1. The summed E-state index contributed by atoms with van der Waals surface area (Å²) in [5, 5.41) is 19.2. The molecule has 0 aliphatic carbocycles. The van der Waals surface area contributed by atoms with Crippen LogP contribution in [0.1, 0.15) is 19.7 Å². The molecule has 0 unspecified atom stereocenters. The van der Waals surface area contributed by atoms with E-state index >= 15 is 0 Å². The third-order valence-electron chi connectivity index (χ3n) is 3.09. The molecule has 0 saturated heterocycles. The summed E-state index contributed by atoms with van der Waals surface area (Å²) in [6, 6.07) is 6.82. The van der Waals surface area contributed by atoms with Gasteiger partial charge in [-0.1, -0.05) is 19.9 Å². The second-order valence-electron chi connectivity index (χ2n) is 5.69. The van der Waals surface area contributed by atoms with Gasteiger partial charge in [0.2, 0.25) is 5.91 Å². The van der Waals surface area contributed by atoms with Crippen molar-refractivity contribution in [3.8, 4) is 5.69 Å². The largest absolute Gasteiger partial charge is 0.376 e. The first-order chi connectivity index (χ1) is 11.5. The molecule has 9 heteroatoms. The molecule has 0 fully saturated rings. The Morgan fingerprint density at radius 2 is 2.08 bits per heavy atom. The van der Waals surface area contributed by atoms with Crippen molar-refractivity contribution in [1.29, 1.82) is 0 Å². The number of nitrogens with one attached hydrogen (secondary N) is 3. The number of hydrogen-bond acceptors (Lipinski definition) is 6. The molecule has 1 aromatic heterocycles. The van der Waals surface area contributed by atoms with Crippen LogP contribution in [0, 0.1) is 12.8 Å². The molecule has 0 radical (unpaired) electrons. The van der Waals surface area contributed by atoms with E-state index in [0.717, 1.165) is 11.4 Å². The highest BCUT2D eigenvalue weighted by molar-refractivity contribution is 5.96. The number of carbonyl (C=O) groups is 2. The van der Waals surface area contributed by atoms with Crippen molar-refractivity contribution in [2.45, 2.75) is 20.8 Å². The molecule has 3 amide bonds. The maximum Gasteiger partial charge on any atom is 0.321 e. The Morgan fingerprint density at radius 3 is 2.75 bits per heavy atom. The zero-order valence-electron chi connectivity index (χ0n) is 13.9. The normalized spacial score (nSPS) is 10.5. The number of benzene rings is 1. The zero-order valence-corrected chi connectivity index (χ0v) is 13.9. The van der Waals surface area contributed by atoms with E-state index in [-0.39, 0.29) is 6.54 Å².